The Kier molecular flexibility index (Phi) is 1.67. The zero-order valence-electron chi connectivity index (χ0n) is 8.03. The van der Waals surface area contributed by atoms with Crippen LogP contribution >= 0.6 is 0 Å². The van der Waals surface area contributed by atoms with E-state index in [0.717, 1.165) is 26.1 Å². The van der Waals surface area contributed by atoms with Crippen molar-refractivity contribution in [1.29, 1.82) is 0 Å². The summed E-state index contributed by atoms with van der Waals surface area (Å²) in [5.74, 6) is 0.386. The Labute approximate surface area is 83.3 Å². The van der Waals surface area contributed by atoms with Crippen molar-refractivity contribution >= 4 is 5.69 Å². The average molecular weight is 190 g/mol. The molecule has 2 aliphatic heterocycles. The number of hydrogen-bond donors (Lipinski definition) is 2. The summed E-state index contributed by atoms with van der Waals surface area (Å²) in [5.41, 5.74) is 2.60. The van der Waals surface area contributed by atoms with Crippen LogP contribution in [-0.2, 0) is 6.42 Å². The largest absolute Gasteiger partial charge is 0.508 e. The maximum Gasteiger partial charge on any atom is 0.116 e. The minimum atomic E-state index is 0.386. The van der Waals surface area contributed by atoms with Crippen LogP contribution in [0.3, 0.4) is 0 Å². The first-order valence-electron chi connectivity index (χ1n) is 5.14. The van der Waals surface area contributed by atoms with E-state index in [1.165, 1.54) is 11.3 Å². The lowest BCUT2D eigenvalue weighted by atomic mass is 10.1. The van der Waals surface area contributed by atoms with E-state index in [4.69, 9.17) is 0 Å². The first kappa shape index (κ1) is 8.12. The van der Waals surface area contributed by atoms with Gasteiger partial charge in [-0.15, -0.1) is 0 Å². The molecule has 2 heterocycles. The molecule has 1 aromatic rings. The monoisotopic (exact) mass is 190 g/mol. The number of fused-ring (bicyclic) bond motifs is 3. The summed E-state index contributed by atoms with van der Waals surface area (Å²) in [6, 6.07) is 6.31. The molecule has 1 saturated heterocycles. The van der Waals surface area contributed by atoms with Gasteiger partial charge in [0.15, 0.2) is 0 Å². The molecule has 3 nitrogen and oxygen atoms in total. The second kappa shape index (κ2) is 2.89. The van der Waals surface area contributed by atoms with Crippen LogP contribution in [-0.4, -0.2) is 30.8 Å². The third kappa shape index (κ3) is 1.09. The highest BCUT2D eigenvalue weighted by Crippen LogP contribution is 2.34. The van der Waals surface area contributed by atoms with Crippen molar-refractivity contribution in [1.82, 2.24) is 5.32 Å². The Morgan fingerprint density at radius 2 is 2.36 bits per heavy atom. The number of anilines is 1. The molecule has 1 unspecified atom stereocenters. The molecule has 74 valence electrons. The molecule has 3 rings (SSSR count). The van der Waals surface area contributed by atoms with E-state index in [-0.39, 0.29) is 0 Å². The third-order valence-electron chi connectivity index (χ3n) is 3.18. The van der Waals surface area contributed by atoms with E-state index >= 15 is 0 Å². The van der Waals surface area contributed by atoms with Crippen LogP contribution in [0.2, 0.25) is 0 Å². The van der Waals surface area contributed by atoms with Gasteiger partial charge in [-0.3, -0.25) is 0 Å². The molecular formula is C11H14N2O. The van der Waals surface area contributed by atoms with Gasteiger partial charge in [0.1, 0.15) is 5.75 Å². The minimum absolute atomic E-state index is 0.386. The molecule has 2 aliphatic rings. The maximum atomic E-state index is 9.40. The van der Waals surface area contributed by atoms with Gasteiger partial charge in [0.05, 0.1) is 0 Å². The van der Waals surface area contributed by atoms with Gasteiger partial charge in [-0.05, 0) is 30.2 Å². The summed E-state index contributed by atoms with van der Waals surface area (Å²) >= 11 is 0. The van der Waals surface area contributed by atoms with E-state index in [1.54, 1.807) is 6.07 Å². The van der Waals surface area contributed by atoms with Crippen molar-refractivity contribution in [3.63, 3.8) is 0 Å². The summed E-state index contributed by atoms with van der Waals surface area (Å²) in [4.78, 5) is 2.45. The highest BCUT2D eigenvalue weighted by Gasteiger charge is 2.30. The Hall–Kier alpha value is -1.22. The molecular weight excluding hydrogens is 176 g/mol. The quantitative estimate of drug-likeness (QED) is 0.633. The van der Waals surface area contributed by atoms with Crippen molar-refractivity contribution in [2.75, 3.05) is 24.5 Å². The number of nitrogens with zero attached hydrogens (tertiary/aromatic N) is 1. The zero-order chi connectivity index (χ0) is 9.54. The Morgan fingerprint density at radius 3 is 3.29 bits per heavy atom. The van der Waals surface area contributed by atoms with E-state index in [9.17, 15) is 5.11 Å². The molecule has 1 fully saturated rings. The standard InChI is InChI=1S/C11H14N2O/c14-10-1-2-11-8(6-10)5-9-7-12-3-4-13(9)11/h1-2,6,9,12,14H,3-5,7H2. The highest BCUT2D eigenvalue weighted by atomic mass is 16.3. The fourth-order valence-electron chi connectivity index (χ4n) is 2.53. The van der Waals surface area contributed by atoms with Gasteiger partial charge in [0.2, 0.25) is 0 Å². The van der Waals surface area contributed by atoms with Crippen molar-refractivity contribution in [2.45, 2.75) is 12.5 Å². The zero-order valence-corrected chi connectivity index (χ0v) is 8.03. The molecule has 0 aliphatic carbocycles. The molecule has 0 saturated carbocycles. The number of piperazine rings is 1. The second-order valence-electron chi connectivity index (χ2n) is 4.07. The molecule has 0 radical (unpaired) electrons. The normalized spacial score (nSPS) is 24.6. The molecule has 3 heteroatoms. The number of phenolic OH excluding ortho intramolecular Hbond substituents is 1. The summed E-state index contributed by atoms with van der Waals surface area (Å²) in [7, 11) is 0. The van der Waals surface area contributed by atoms with Crippen LogP contribution in [0, 0.1) is 0 Å². The molecule has 0 bridgehead atoms. The molecule has 0 spiro atoms. The number of benzene rings is 1. The van der Waals surface area contributed by atoms with E-state index in [2.05, 4.69) is 10.2 Å². The smallest absolute Gasteiger partial charge is 0.116 e. The molecule has 2 N–H and O–H groups in total. The van der Waals surface area contributed by atoms with Crippen molar-refractivity contribution < 1.29 is 5.11 Å². The fraction of sp³-hybridized carbons (Fsp3) is 0.455. The molecule has 14 heavy (non-hydrogen) atoms. The van der Waals surface area contributed by atoms with Gasteiger partial charge in [0.25, 0.3) is 0 Å². The summed E-state index contributed by atoms with van der Waals surface area (Å²) in [6.45, 7) is 3.22. The van der Waals surface area contributed by atoms with E-state index < -0.39 is 0 Å². The molecule has 0 aromatic heterocycles. The summed E-state index contributed by atoms with van der Waals surface area (Å²) in [5, 5.41) is 12.8. The number of hydrogen-bond acceptors (Lipinski definition) is 3. The Balaban J connectivity index is 2.01. The Bertz CT molecular complexity index is 364. The van der Waals surface area contributed by atoms with Gasteiger partial charge in [-0.25, -0.2) is 0 Å². The lowest BCUT2D eigenvalue weighted by Gasteiger charge is -2.32. The number of aromatic hydroxyl groups is 1. The van der Waals surface area contributed by atoms with Crippen LogP contribution in [0.1, 0.15) is 5.56 Å². The van der Waals surface area contributed by atoms with Crippen molar-refractivity contribution in [2.24, 2.45) is 0 Å². The SMILES string of the molecule is Oc1ccc2c(c1)CC1CNCCN21. The maximum absolute atomic E-state index is 9.40. The first-order chi connectivity index (χ1) is 6.84. The molecule has 0 amide bonds. The lowest BCUT2D eigenvalue weighted by Crippen LogP contribution is -2.49. The van der Waals surface area contributed by atoms with E-state index in [0.29, 0.717) is 11.8 Å². The van der Waals surface area contributed by atoms with Crippen LogP contribution < -0.4 is 10.2 Å². The summed E-state index contributed by atoms with van der Waals surface area (Å²) < 4.78 is 0. The fourth-order valence-corrected chi connectivity index (χ4v) is 2.53. The van der Waals surface area contributed by atoms with E-state index in [1.807, 2.05) is 12.1 Å². The van der Waals surface area contributed by atoms with Gasteiger partial charge in [-0.2, -0.15) is 0 Å². The van der Waals surface area contributed by atoms with Crippen LogP contribution in [0.5, 0.6) is 5.75 Å². The predicted octanol–water partition coefficient (Wildman–Crippen LogP) is 0.726. The summed E-state index contributed by atoms with van der Waals surface area (Å²) in [6.07, 6.45) is 1.07. The van der Waals surface area contributed by atoms with Crippen LogP contribution in [0.15, 0.2) is 18.2 Å². The second-order valence-corrected chi connectivity index (χ2v) is 4.07. The van der Waals surface area contributed by atoms with Gasteiger partial charge >= 0.3 is 0 Å². The molecule has 1 atom stereocenters. The topological polar surface area (TPSA) is 35.5 Å². The average Bonchev–Trinajstić information content (AvgIpc) is 2.54. The number of phenols is 1. The van der Waals surface area contributed by atoms with Gasteiger partial charge in [-0.1, -0.05) is 0 Å². The highest BCUT2D eigenvalue weighted by molar-refractivity contribution is 5.61. The number of nitrogens with one attached hydrogen (secondary N) is 1. The first-order valence-corrected chi connectivity index (χ1v) is 5.14. The molecule has 1 aromatic carbocycles. The predicted molar refractivity (Wildman–Crippen MR) is 55.8 cm³/mol. The Morgan fingerprint density at radius 1 is 1.43 bits per heavy atom. The van der Waals surface area contributed by atoms with Gasteiger partial charge < -0.3 is 15.3 Å². The van der Waals surface area contributed by atoms with Gasteiger partial charge in [0, 0.05) is 31.4 Å². The lowest BCUT2D eigenvalue weighted by molar-refractivity contribution is 0.474. The third-order valence-corrected chi connectivity index (χ3v) is 3.18. The minimum Gasteiger partial charge on any atom is -0.508 e. The number of rotatable bonds is 0. The van der Waals surface area contributed by atoms with Crippen LogP contribution in [0.25, 0.3) is 0 Å². The van der Waals surface area contributed by atoms with Crippen molar-refractivity contribution in [3.8, 4) is 5.75 Å². The van der Waals surface area contributed by atoms with Crippen molar-refractivity contribution in [3.05, 3.63) is 23.8 Å². The van der Waals surface area contributed by atoms with Crippen LogP contribution in [0.4, 0.5) is 5.69 Å².